The number of ether oxygens (including phenoxy) is 1. The van der Waals surface area contributed by atoms with Crippen LogP contribution in [0.25, 0.3) is 0 Å². The first-order chi connectivity index (χ1) is 9.18. The van der Waals surface area contributed by atoms with Gasteiger partial charge in [-0.25, -0.2) is 4.39 Å². The Labute approximate surface area is 117 Å². The highest BCUT2D eigenvalue weighted by molar-refractivity contribution is 5.18. The topological polar surface area (TPSA) is 9.23 Å². The molecule has 0 atom stereocenters. The zero-order chi connectivity index (χ0) is 13.7. The molecule has 0 aromatic heterocycles. The summed E-state index contributed by atoms with van der Waals surface area (Å²) in [5.74, 6) is 1.74. The molecule has 2 aliphatic rings. The molecular weight excluding hydrogens is 239 g/mol. The number of unbranched alkanes of at least 4 members (excludes halogenated alkanes) is 1. The van der Waals surface area contributed by atoms with Crippen LogP contribution in [0.1, 0.15) is 78.1 Å². The van der Waals surface area contributed by atoms with Crippen molar-refractivity contribution in [3.05, 3.63) is 11.3 Å². The first-order valence-electron chi connectivity index (χ1n) is 8.22. The van der Waals surface area contributed by atoms with Crippen LogP contribution in [0.15, 0.2) is 11.3 Å². The lowest BCUT2D eigenvalue weighted by Crippen LogP contribution is -2.31. The van der Waals surface area contributed by atoms with Gasteiger partial charge in [-0.2, -0.15) is 0 Å². The SMILES string of the molecule is CCCCC1(F)CCC(C(OCC)=C2CCC2)CC1. The average molecular weight is 268 g/mol. The van der Waals surface area contributed by atoms with Crippen LogP contribution in [0.3, 0.4) is 0 Å². The molecule has 2 rings (SSSR count). The van der Waals surface area contributed by atoms with Crippen LogP contribution in [0.2, 0.25) is 0 Å². The van der Waals surface area contributed by atoms with Crippen molar-refractivity contribution in [3.63, 3.8) is 0 Å². The largest absolute Gasteiger partial charge is 0.498 e. The summed E-state index contributed by atoms with van der Waals surface area (Å²) in [4.78, 5) is 0. The lowest BCUT2D eigenvalue weighted by molar-refractivity contribution is 0.0602. The van der Waals surface area contributed by atoms with Gasteiger partial charge in [0.2, 0.25) is 0 Å². The predicted octanol–water partition coefficient (Wildman–Crippen LogP) is 5.55. The fourth-order valence-corrected chi connectivity index (χ4v) is 3.40. The molecular formula is C17H29FO. The first kappa shape index (κ1) is 14.9. The monoisotopic (exact) mass is 268 g/mol. The molecule has 2 fully saturated rings. The van der Waals surface area contributed by atoms with Crippen LogP contribution in [-0.4, -0.2) is 12.3 Å². The molecule has 0 spiro atoms. The summed E-state index contributed by atoms with van der Waals surface area (Å²) in [5.41, 5.74) is 0.639. The van der Waals surface area contributed by atoms with Crippen LogP contribution < -0.4 is 0 Å². The normalized spacial score (nSPS) is 30.9. The van der Waals surface area contributed by atoms with Crippen molar-refractivity contribution < 1.29 is 9.13 Å². The van der Waals surface area contributed by atoms with E-state index in [1.807, 2.05) is 0 Å². The second kappa shape index (κ2) is 6.76. The number of alkyl halides is 1. The Balaban J connectivity index is 1.91. The van der Waals surface area contributed by atoms with E-state index in [0.717, 1.165) is 51.6 Å². The molecule has 0 unspecified atom stereocenters. The van der Waals surface area contributed by atoms with E-state index < -0.39 is 5.67 Å². The maximum Gasteiger partial charge on any atom is 0.111 e. The Kier molecular flexibility index (Phi) is 5.29. The smallest absolute Gasteiger partial charge is 0.111 e. The molecule has 0 aliphatic heterocycles. The molecule has 0 bridgehead atoms. The van der Waals surface area contributed by atoms with Crippen LogP contribution in [0.5, 0.6) is 0 Å². The Bertz CT molecular complexity index is 307. The molecule has 0 aromatic rings. The van der Waals surface area contributed by atoms with E-state index in [4.69, 9.17) is 4.74 Å². The van der Waals surface area contributed by atoms with Crippen LogP contribution in [0.4, 0.5) is 4.39 Å². The minimum absolute atomic E-state index is 0.501. The molecule has 2 saturated carbocycles. The highest BCUT2D eigenvalue weighted by Crippen LogP contribution is 2.44. The van der Waals surface area contributed by atoms with Gasteiger partial charge in [0.05, 0.1) is 12.4 Å². The molecule has 0 aromatic carbocycles. The zero-order valence-electron chi connectivity index (χ0n) is 12.6. The fraction of sp³-hybridized carbons (Fsp3) is 0.882. The van der Waals surface area contributed by atoms with Crippen molar-refractivity contribution in [1.82, 2.24) is 0 Å². The number of rotatable bonds is 6. The summed E-state index contributed by atoms with van der Waals surface area (Å²) >= 11 is 0. The van der Waals surface area contributed by atoms with E-state index in [1.54, 1.807) is 0 Å². The summed E-state index contributed by atoms with van der Waals surface area (Å²) in [6.45, 7) is 4.96. The number of allylic oxidation sites excluding steroid dienone is 2. The summed E-state index contributed by atoms with van der Waals surface area (Å²) in [6, 6.07) is 0. The van der Waals surface area contributed by atoms with Gasteiger partial charge in [-0.15, -0.1) is 0 Å². The predicted molar refractivity (Wildman–Crippen MR) is 77.8 cm³/mol. The Morgan fingerprint density at radius 2 is 1.95 bits per heavy atom. The highest BCUT2D eigenvalue weighted by atomic mass is 19.1. The quantitative estimate of drug-likeness (QED) is 0.574. The fourth-order valence-electron chi connectivity index (χ4n) is 3.40. The minimum Gasteiger partial charge on any atom is -0.498 e. The van der Waals surface area contributed by atoms with Crippen molar-refractivity contribution in [3.8, 4) is 0 Å². The molecule has 2 heteroatoms. The van der Waals surface area contributed by atoms with Crippen molar-refractivity contribution in [2.45, 2.75) is 83.7 Å². The maximum atomic E-state index is 14.6. The van der Waals surface area contributed by atoms with Crippen molar-refractivity contribution >= 4 is 0 Å². The van der Waals surface area contributed by atoms with E-state index >= 15 is 0 Å². The van der Waals surface area contributed by atoms with Crippen molar-refractivity contribution in [2.75, 3.05) is 6.61 Å². The summed E-state index contributed by atoms with van der Waals surface area (Å²) in [6.07, 6.45) is 10.1. The van der Waals surface area contributed by atoms with Crippen molar-refractivity contribution in [1.29, 1.82) is 0 Å². The molecule has 0 N–H and O–H groups in total. The second-order valence-electron chi connectivity index (χ2n) is 6.28. The molecule has 0 amide bonds. The van der Waals surface area contributed by atoms with Crippen molar-refractivity contribution in [2.24, 2.45) is 5.92 Å². The number of hydrogen-bond acceptors (Lipinski definition) is 1. The third-order valence-electron chi connectivity index (χ3n) is 4.84. The Hall–Kier alpha value is -0.530. The van der Waals surface area contributed by atoms with E-state index in [1.165, 1.54) is 30.6 Å². The lowest BCUT2D eigenvalue weighted by Gasteiger charge is -2.36. The molecule has 110 valence electrons. The van der Waals surface area contributed by atoms with E-state index in [2.05, 4.69) is 13.8 Å². The number of hydrogen-bond donors (Lipinski definition) is 0. The third-order valence-corrected chi connectivity index (χ3v) is 4.84. The van der Waals surface area contributed by atoms with Gasteiger partial charge in [-0.3, -0.25) is 0 Å². The summed E-state index contributed by atoms with van der Waals surface area (Å²) in [7, 11) is 0. The van der Waals surface area contributed by atoms with E-state index in [9.17, 15) is 4.39 Å². The Morgan fingerprint density at radius 3 is 2.42 bits per heavy atom. The van der Waals surface area contributed by atoms with Crippen LogP contribution in [0, 0.1) is 5.92 Å². The molecule has 0 heterocycles. The molecule has 2 aliphatic carbocycles. The Morgan fingerprint density at radius 1 is 1.26 bits per heavy atom. The van der Waals surface area contributed by atoms with Crippen LogP contribution in [-0.2, 0) is 4.74 Å². The molecule has 19 heavy (non-hydrogen) atoms. The van der Waals surface area contributed by atoms with Gasteiger partial charge in [0.1, 0.15) is 5.67 Å². The highest BCUT2D eigenvalue weighted by Gasteiger charge is 2.37. The van der Waals surface area contributed by atoms with E-state index in [-0.39, 0.29) is 0 Å². The van der Waals surface area contributed by atoms with Crippen LogP contribution >= 0.6 is 0 Å². The second-order valence-corrected chi connectivity index (χ2v) is 6.28. The standard InChI is InChI=1S/C17H29FO/c1-3-5-11-17(18)12-9-15(10-13-17)16(19-4-2)14-7-6-8-14/h15H,3-13H2,1-2H3. The first-order valence-corrected chi connectivity index (χ1v) is 8.22. The van der Waals surface area contributed by atoms with Gasteiger partial charge < -0.3 is 4.74 Å². The van der Waals surface area contributed by atoms with Gasteiger partial charge in [0.15, 0.2) is 0 Å². The minimum atomic E-state index is -0.881. The number of halogens is 1. The maximum absolute atomic E-state index is 14.6. The van der Waals surface area contributed by atoms with Gasteiger partial charge in [0, 0.05) is 5.92 Å². The average Bonchev–Trinajstić information content (AvgIpc) is 2.35. The van der Waals surface area contributed by atoms with Gasteiger partial charge in [0.25, 0.3) is 0 Å². The van der Waals surface area contributed by atoms with Gasteiger partial charge in [-0.05, 0) is 63.9 Å². The van der Waals surface area contributed by atoms with Gasteiger partial charge in [-0.1, -0.05) is 19.8 Å². The van der Waals surface area contributed by atoms with Gasteiger partial charge >= 0.3 is 0 Å². The van der Waals surface area contributed by atoms with E-state index in [0.29, 0.717) is 5.92 Å². The summed E-state index contributed by atoms with van der Waals surface area (Å²) in [5, 5.41) is 0. The molecule has 1 nitrogen and oxygen atoms in total. The summed E-state index contributed by atoms with van der Waals surface area (Å²) < 4.78 is 20.5. The molecule has 0 radical (unpaired) electrons. The zero-order valence-corrected chi connectivity index (χ0v) is 12.6. The lowest BCUT2D eigenvalue weighted by atomic mass is 9.75. The molecule has 0 saturated heterocycles. The third kappa shape index (κ3) is 3.73.